The highest BCUT2D eigenvalue weighted by Gasteiger charge is 2.19. The minimum atomic E-state index is -0.780. The van der Waals surface area contributed by atoms with E-state index in [4.69, 9.17) is 9.47 Å². The number of ether oxygens (including phenoxy) is 2. The molecule has 0 radical (unpaired) electrons. The number of hydrogen-bond acceptors (Lipinski definition) is 4. The van der Waals surface area contributed by atoms with E-state index in [2.05, 4.69) is 15.6 Å². The van der Waals surface area contributed by atoms with Gasteiger partial charge in [0, 0.05) is 6.54 Å². The third-order valence-electron chi connectivity index (χ3n) is 1.76. The summed E-state index contributed by atoms with van der Waals surface area (Å²) in [6, 6.07) is 0. The van der Waals surface area contributed by atoms with Crippen molar-refractivity contribution in [2.24, 2.45) is 4.99 Å². The Labute approximate surface area is 126 Å². The number of nitrogens with one attached hydrogen (secondary N) is 2. The van der Waals surface area contributed by atoms with Gasteiger partial charge in [-0.2, -0.15) is 0 Å². The Kier molecular flexibility index (Phi) is 7.18. The molecule has 0 saturated heterocycles. The molecule has 0 aromatic rings. The number of nitrogens with zero attached hydrogens (tertiary/aromatic N) is 1. The second-order valence-electron chi connectivity index (χ2n) is 6.49. The van der Waals surface area contributed by atoms with Gasteiger partial charge in [-0.05, 0) is 48.0 Å². The van der Waals surface area contributed by atoms with Crippen LogP contribution < -0.4 is 10.6 Å². The zero-order valence-corrected chi connectivity index (χ0v) is 14.0. The Hall–Kier alpha value is -1.79. The summed E-state index contributed by atoms with van der Waals surface area (Å²) in [5.41, 5.74) is -1.28. The number of amides is 2. The molecule has 0 aliphatic carbocycles. The second kappa shape index (κ2) is 7.85. The maximum Gasteiger partial charge on any atom is 0.437 e. The molecule has 0 spiro atoms. The molecule has 0 rings (SSSR count). The van der Waals surface area contributed by atoms with Gasteiger partial charge in [-0.15, -0.1) is 4.99 Å². The lowest BCUT2D eigenvalue weighted by atomic mass is 10.2. The van der Waals surface area contributed by atoms with Crippen molar-refractivity contribution in [3.63, 3.8) is 0 Å². The van der Waals surface area contributed by atoms with Gasteiger partial charge in [0.25, 0.3) is 0 Å². The van der Waals surface area contributed by atoms with Crippen LogP contribution in [0.5, 0.6) is 0 Å². The summed E-state index contributed by atoms with van der Waals surface area (Å²) < 4.78 is 10.2. The first-order chi connectivity index (χ1) is 9.43. The van der Waals surface area contributed by atoms with Crippen LogP contribution in [-0.2, 0) is 9.47 Å². The fourth-order valence-corrected chi connectivity index (χ4v) is 1.13. The zero-order valence-electron chi connectivity index (χ0n) is 14.0. The van der Waals surface area contributed by atoms with Crippen LogP contribution in [0.2, 0.25) is 0 Å². The molecule has 2 N–H and O–H groups in total. The lowest BCUT2D eigenvalue weighted by Gasteiger charge is -2.21. The Morgan fingerprint density at radius 1 is 1.00 bits per heavy atom. The van der Waals surface area contributed by atoms with Crippen molar-refractivity contribution in [3.05, 3.63) is 0 Å². The Balaban J connectivity index is 4.79. The molecule has 21 heavy (non-hydrogen) atoms. The summed E-state index contributed by atoms with van der Waals surface area (Å²) in [6.45, 7) is 13.0. The molecule has 0 aliphatic rings. The van der Waals surface area contributed by atoms with E-state index < -0.39 is 23.4 Å². The Morgan fingerprint density at radius 3 is 1.95 bits per heavy atom. The molecular weight excluding hydrogens is 274 g/mol. The fraction of sp³-hybridized carbons (Fsp3) is 0.786. The summed E-state index contributed by atoms with van der Waals surface area (Å²) in [7, 11) is 0. The van der Waals surface area contributed by atoms with Crippen LogP contribution in [0, 0.1) is 0 Å². The van der Waals surface area contributed by atoms with Crippen molar-refractivity contribution in [2.75, 3.05) is 6.54 Å². The SMILES string of the molecule is CCCN/C(=N/C(=O)OC(C)(C)C)NC(=O)OC(C)(C)C. The molecule has 0 atom stereocenters. The second-order valence-corrected chi connectivity index (χ2v) is 6.49. The predicted molar refractivity (Wildman–Crippen MR) is 81.3 cm³/mol. The van der Waals surface area contributed by atoms with E-state index in [9.17, 15) is 9.59 Å². The molecule has 0 aromatic heterocycles. The van der Waals surface area contributed by atoms with Crippen molar-refractivity contribution < 1.29 is 19.1 Å². The van der Waals surface area contributed by atoms with E-state index >= 15 is 0 Å². The molecule has 0 fully saturated rings. The van der Waals surface area contributed by atoms with E-state index in [1.54, 1.807) is 41.5 Å². The van der Waals surface area contributed by atoms with Gasteiger partial charge in [0.2, 0.25) is 5.96 Å². The van der Waals surface area contributed by atoms with Crippen molar-refractivity contribution in [3.8, 4) is 0 Å². The zero-order chi connectivity index (χ0) is 16.7. The van der Waals surface area contributed by atoms with Crippen molar-refractivity contribution >= 4 is 18.1 Å². The quantitative estimate of drug-likeness (QED) is 0.604. The maximum absolute atomic E-state index is 11.7. The molecule has 0 aromatic carbocycles. The van der Waals surface area contributed by atoms with Crippen LogP contribution >= 0.6 is 0 Å². The van der Waals surface area contributed by atoms with E-state index in [0.717, 1.165) is 6.42 Å². The molecule has 0 aliphatic heterocycles. The van der Waals surface area contributed by atoms with E-state index in [-0.39, 0.29) is 5.96 Å². The first-order valence-corrected chi connectivity index (χ1v) is 6.98. The standard InChI is InChI=1S/C14H27N3O4/c1-8-9-15-10(16-11(18)20-13(2,3)4)17-12(19)21-14(5,6)7/h8-9H2,1-7H3,(H2,15,16,17,18,19). The summed E-state index contributed by atoms with van der Waals surface area (Å²) in [6.07, 6.45) is -0.658. The molecule has 7 heteroatoms. The van der Waals surface area contributed by atoms with Crippen LogP contribution in [0.25, 0.3) is 0 Å². The summed E-state index contributed by atoms with van der Waals surface area (Å²) in [5, 5.41) is 5.24. The maximum atomic E-state index is 11.7. The molecule has 0 unspecified atom stereocenters. The molecule has 0 heterocycles. The van der Waals surface area contributed by atoms with Crippen molar-refractivity contribution in [1.82, 2.24) is 10.6 Å². The Morgan fingerprint density at radius 2 is 1.52 bits per heavy atom. The summed E-state index contributed by atoms with van der Waals surface area (Å²) in [5.74, 6) is 0.0142. The average molecular weight is 301 g/mol. The van der Waals surface area contributed by atoms with Gasteiger partial charge in [0.05, 0.1) is 0 Å². The van der Waals surface area contributed by atoms with Crippen LogP contribution in [0.1, 0.15) is 54.9 Å². The third kappa shape index (κ3) is 11.7. The van der Waals surface area contributed by atoms with Gasteiger partial charge in [-0.25, -0.2) is 9.59 Å². The fourth-order valence-electron chi connectivity index (χ4n) is 1.13. The number of hydrogen-bond donors (Lipinski definition) is 2. The van der Waals surface area contributed by atoms with Gasteiger partial charge in [-0.3, -0.25) is 5.32 Å². The van der Waals surface area contributed by atoms with Crippen LogP contribution in [0.4, 0.5) is 9.59 Å². The highest BCUT2D eigenvalue weighted by atomic mass is 16.6. The first kappa shape index (κ1) is 19.2. The topological polar surface area (TPSA) is 89.0 Å². The smallest absolute Gasteiger partial charge is 0.437 e. The Bertz CT molecular complexity index is 392. The minimum absolute atomic E-state index is 0.0142. The van der Waals surface area contributed by atoms with Crippen LogP contribution in [-0.4, -0.2) is 35.9 Å². The number of alkyl carbamates (subject to hydrolysis) is 1. The van der Waals surface area contributed by atoms with Gasteiger partial charge < -0.3 is 14.8 Å². The minimum Gasteiger partial charge on any atom is -0.444 e. The largest absolute Gasteiger partial charge is 0.444 e. The monoisotopic (exact) mass is 301 g/mol. The first-order valence-electron chi connectivity index (χ1n) is 6.98. The van der Waals surface area contributed by atoms with E-state index in [1.807, 2.05) is 6.92 Å². The van der Waals surface area contributed by atoms with E-state index in [0.29, 0.717) is 6.54 Å². The molecular formula is C14H27N3O4. The predicted octanol–water partition coefficient (Wildman–Crippen LogP) is 2.80. The number of carbonyl (C=O) groups is 2. The van der Waals surface area contributed by atoms with Crippen LogP contribution in [0.15, 0.2) is 4.99 Å². The molecule has 0 bridgehead atoms. The average Bonchev–Trinajstić information content (AvgIpc) is 2.20. The lowest BCUT2D eigenvalue weighted by Crippen LogP contribution is -2.44. The molecule has 2 amide bonds. The van der Waals surface area contributed by atoms with Crippen molar-refractivity contribution in [1.29, 1.82) is 0 Å². The number of aliphatic imine (C=N–C) groups is 1. The highest BCUT2D eigenvalue weighted by molar-refractivity contribution is 5.98. The number of guanidine groups is 1. The normalized spacial score (nSPS) is 12.6. The van der Waals surface area contributed by atoms with Gasteiger partial charge in [0.15, 0.2) is 0 Å². The van der Waals surface area contributed by atoms with Gasteiger partial charge in [0.1, 0.15) is 11.2 Å². The van der Waals surface area contributed by atoms with Gasteiger partial charge in [-0.1, -0.05) is 6.92 Å². The van der Waals surface area contributed by atoms with E-state index in [1.165, 1.54) is 0 Å². The number of carbonyl (C=O) groups excluding carboxylic acids is 2. The molecule has 0 saturated carbocycles. The molecule has 122 valence electrons. The van der Waals surface area contributed by atoms with Gasteiger partial charge >= 0.3 is 12.2 Å². The highest BCUT2D eigenvalue weighted by Crippen LogP contribution is 2.08. The summed E-state index contributed by atoms with van der Waals surface area (Å²) in [4.78, 5) is 27.1. The third-order valence-corrected chi connectivity index (χ3v) is 1.76. The summed E-state index contributed by atoms with van der Waals surface area (Å²) >= 11 is 0. The number of rotatable bonds is 2. The molecule has 7 nitrogen and oxygen atoms in total. The van der Waals surface area contributed by atoms with Crippen molar-refractivity contribution in [2.45, 2.75) is 66.1 Å². The van der Waals surface area contributed by atoms with Crippen LogP contribution in [0.3, 0.4) is 0 Å². The lowest BCUT2D eigenvalue weighted by molar-refractivity contribution is 0.0560.